The van der Waals surface area contributed by atoms with Gasteiger partial charge in [0.05, 0.1) is 11.0 Å². The molecule has 0 saturated carbocycles. The SMILES string of the molecule is CC(O)CNC(=O)C1CCN(S(=O)(=O)c2cc(Br)ccc2Br)CC1. The van der Waals surface area contributed by atoms with Crippen LogP contribution in [-0.4, -0.2) is 49.5 Å². The van der Waals surface area contributed by atoms with Crippen LogP contribution in [0.4, 0.5) is 0 Å². The van der Waals surface area contributed by atoms with Crippen LogP contribution in [0.2, 0.25) is 0 Å². The number of hydrogen-bond donors (Lipinski definition) is 2. The van der Waals surface area contributed by atoms with E-state index < -0.39 is 16.1 Å². The van der Waals surface area contributed by atoms with Crippen molar-refractivity contribution in [2.75, 3.05) is 19.6 Å². The largest absolute Gasteiger partial charge is 0.392 e. The molecule has 0 aromatic heterocycles. The van der Waals surface area contributed by atoms with Gasteiger partial charge in [-0.05, 0) is 53.9 Å². The van der Waals surface area contributed by atoms with Crippen molar-refractivity contribution in [3.8, 4) is 0 Å². The van der Waals surface area contributed by atoms with Crippen molar-refractivity contribution >= 4 is 47.8 Å². The molecule has 1 aliphatic rings. The molecule has 1 saturated heterocycles. The van der Waals surface area contributed by atoms with Crippen molar-refractivity contribution in [2.45, 2.75) is 30.8 Å². The van der Waals surface area contributed by atoms with Crippen LogP contribution >= 0.6 is 31.9 Å². The number of halogens is 2. The van der Waals surface area contributed by atoms with Gasteiger partial charge >= 0.3 is 0 Å². The monoisotopic (exact) mass is 482 g/mol. The fraction of sp³-hybridized carbons (Fsp3) is 0.533. The minimum atomic E-state index is -3.61. The number of benzene rings is 1. The van der Waals surface area contributed by atoms with E-state index >= 15 is 0 Å². The third-order valence-electron chi connectivity index (χ3n) is 3.91. The van der Waals surface area contributed by atoms with Crippen LogP contribution < -0.4 is 5.32 Å². The molecule has 1 fully saturated rings. The van der Waals surface area contributed by atoms with Gasteiger partial charge < -0.3 is 10.4 Å². The predicted molar refractivity (Wildman–Crippen MR) is 98.0 cm³/mol. The normalized spacial score (nSPS) is 18.3. The number of piperidine rings is 1. The summed E-state index contributed by atoms with van der Waals surface area (Å²) in [6.45, 7) is 2.41. The Balaban J connectivity index is 2.03. The van der Waals surface area contributed by atoms with E-state index in [1.807, 2.05) is 0 Å². The molecule has 0 bridgehead atoms. The number of carbonyl (C=O) groups is 1. The van der Waals surface area contributed by atoms with Crippen LogP contribution in [0.3, 0.4) is 0 Å². The van der Waals surface area contributed by atoms with E-state index in [0.717, 1.165) is 0 Å². The molecular formula is C15H20Br2N2O4S. The first kappa shape index (κ1) is 19.8. The molecule has 2 rings (SSSR count). The first-order chi connectivity index (χ1) is 11.2. The van der Waals surface area contributed by atoms with Gasteiger partial charge in [-0.1, -0.05) is 15.9 Å². The fourth-order valence-electron chi connectivity index (χ4n) is 2.56. The first-order valence-electron chi connectivity index (χ1n) is 7.63. The molecule has 1 atom stereocenters. The third kappa shape index (κ3) is 4.78. The van der Waals surface area contributed by atoms with Gasteiger partial charge in [0.25, 0.3) is 0 Å². The second kappa shape index (κ2) is 8.27. The van der Waals surface area contributed by atoms with Gasteiger partial charge in [0, 0.05) is 34.5 Å². The highest BCUT2D eigenvalue weighted by Crippen LogP contribution is 2.30. The van der Waals surface area contributed by atoms with Gasteiger partial charge in [-0.25, -0.2) is 8.42 Å². The lowest BCUT2D eigenvalue weighted by molar-refractivity contribution is -0.126. The number of aliphatic hydroxyl groups excluding tert-OH is 1. The van der Waals surface area contributed by atoms with E-state index in [1.165, 1.54) is 4.31 Å². The molecule has 0 radical (unpaired) electrons. The predicted octanol–water partition coefficient (Wildman–Crippen LogP) is 2.11. The summed E-state index contributed by atoms with van der Waals surface area (Å²) >= 11 is 6.58. The summed E-state index contributed by atoms with van der Waals surface area (Å²) in [5.74, 6) is -0.349. The van der Waals surface area contributed by atoms with Crippen molar-refractivity contribution < 1.29 is 18.3 Å². The van der Waals surface area contributed by atoms with Crippen LogP contribution in [0.15, 0.2) is 32.0 Å². The van der Waals surface area contributed by atoms with Gasteiger partial charge in [0.2, 0.25) is 15.9 Å². The molecule has 0 spiro atoms. The van der Waals surface area contributed by atoms with Gasteiger partial charge in [-0.3, -0.25) is 4.79 Å². The van der Waals surface area contributed by atoms with E-state index in [0.29, 0.717) is 34.9 Å². The smallest absolute Gasteiger partial charge is 0.244 e. The van der Waals surface area contributed by atoms with Crippen LogP contribution in [0.1, 0.15) is 19.8 Å². The highest BCUT2D eigenvalue weighted by atomic mass is 79.9. The van der Waals surface area contributed by atoms with E-state index in [4.69, 9.17) is 0 Å². The van der Waals surface area contributed by atoms with Crippen molar-refractivity contribution in [2.24, 2.45) is 5.92 Å². The average Bonchev–Trinajstić information content (AvgIpc) is 2.54. The van der Waals surface area contributed by atoms with Crippen LogP contribution in [0.5, 0.6) is 0 Å². The van der Waals surface area contributed by atoms with E-state index in [9.17, 15) is 18.3 Å². The molecule has 2 N–H and O–H groups in total. The lowest BCUT2D eigenvalue weighted by atomic mass is 9.97. The molecule has 6 nitrogen and oxygen atoms in total. The highest BCUT2D eigenvalue weighted by molar-refractivity contribution is 9.11. The molecule has 1 unspecified atom stereocenters. The van der Waals surface area contributed by atoms with Gasteiger partial charge in [-0.15, -0.1) is 0 Å². The third-order valence-corrected chi connectivity index (χ3v) is 7.29. The Bertz CT molecular complexity index is 701. The highest BCUT2D eigenvalue weighted by Gasteiger charge is 2.33. The molecule has 1 heterocycles. The van der Waals surface area contributed by atoms with Gasteiger partial charge in [0.15, 0.2) is 0 Å². The number of nitrogens with one attached hydrogen (secondary N) is 1. The Morgan fingerprint density at radius 2 is 2.00 bits per heavy atom. The van der Waals surface area contributed by atoms with Crippen molar-refractivity contribution in [1.82, 2.24) is 9.62 Å². The Labute approximate surface area is 158 Å². The molecule has 1 aromatic carbocycles. The minimum absolute atomic E-state index is 0.128. The zero-order valence-electron chi connectivity index (χ0n) is 13.2. The summed E-state index contributed by atoms with van der Waals surface area (Å²) in [5.41, 5.74) is 0. The quantitative estimate of drug-likeness (QED) is 0.671. The van der Waals surface area contributed by atoms with Crippen molar-refractivity contribution in [3.63, 3.8) is 0 Å². The van der Waals surface area contributed by atoms with E-state index in [2.05, 4.69) is 37.2 Å². The van der Waals surface area contributed by atoms with E-state index in [-0.39, 0.29) is 23.3 Å². The van der Waals surface area contributed by atoms with Crippen molar-refractivity contribution in [1.29, 1.82) is 0 Å². The zero-order valence-corrected chi connectivity index (χ0v) is 17.2. The lowest BCUT2D eigenvalue weighted by Gasteiger charge is -2.31. The van der Waals surface area contributed by atoms with Crippen LogP contribution in [-0.2, 0) is 14.8 Å². The molecule has 134 valence electrons. The number of nitrogens with zero attached hydrogens (tertiary/aromatic N) is 1. The second-order valence-electron chi connectivity index (χ2n) is 5.85. The topological polar surface area (TPSA) is 86.7 Å². The molecule has 1 amide bonds. The second-order valence-corrected chi connectivity index (χ2v) is 9.52. The Morgan fingerprint density at radius 3 is 2.58 bits per heavy atom. The molecule has 0 aliphatic carbocycles. The van der Waals surface area contributed by atoms with Crippen LogP contribution in [0, 0.1) is 5.92 Å². The van der Waals surface area contributed by atoms with Gasteiger partial charge in [0.1, 0.15) is 0 Å². The average molecular weight is 484 g/mol. The summed E-state index contributed by atoms with van der Waals surface area (Å²) in [7, 11) is -3.61. The summed E-state index contributed by atoms with van der Waals surface area (Å²) in [5, 5.41) is 11.9. The summed E-state index contributed by atoms with van der Waals surface area (Å²) in [6.07, 6.45) is 0.343. The van der Waals surface area contributed by atoms with Gasteiger partial charge in [-0.2, -0.15) is 4.31 Å². The molecule has 24 heavy (non-hydrogen) atoms. The lowest BCUT2D eigenvalue weighted by Crippen LogP contribution is -2.44. The number of hydrogen-bond acceptors (Lipinski definition) is 4. The molecular weight excluding hydrogens is 464 g/mol. The maximum Gasteiger partial charge on any atom is 0.244 e. The number of sulfonamides is 1. The zero-order chi connectivity index (χ0) is 17.9. The van der Waals surface area contributed by atoms with Crippen LogP contribution in [0.25, 0.3) is 0 Å². The Hall–Kier alpha value is -0.480. The maximum atomic E-state index is 12.8. The Kier molecular flexibility index (Phi) is 6.83. The summed E-state index contributed by atoms with van der Waals surface area (Å²) < 4.78 is 28.2. The summed E-state index contributed by atoms with van der Waals surface area (Å²) in [6, 6.07) is 5.02. The number of aliphatic hydroxyl groups is 1. The maximum absolute atomic E-state index is 12.8. The number of carbonyl (C=O) groups excluding carboxylic acids is 1. The number of amides is 1. The molecule has 1 aromatic rings. The van der Waals surface area contributed by atoms with Crippen molar-refractivity contribution in [3.05, 3.63) is 27.1 Å². The first-order valence-corrected chi connectivity index (χ1v) is 10.7. The molecule has 1 aliphatic heterocycles. The Morgan fingerprint density at radius 1 is 1.38 bits per heavy atom. The minimum Gasteiger partial charge on any atom is -0.392 e. The standard InChI is InChI=1S/C15H20Br2N2O4S/c1-10(20)9-18-15(21)11-4-6-19(7-5-11)24(22,23)14-8-12(16)2-3-13(14)17/h2-3,8,10-11,20H,4-7,9H2,1H3,(H,18,21). The number of rotatable bonds is 5. The summed E-state index contributed by atoms with van der Waals surface area (Å²) in [4.78, 5) is 12.2. The molecule has 9 heteroatoms. The fourth-order valence-corrected chi connectivity index (χ4v) is 5.50. The van der Waals surface area contributed by atoms with E-state index in [1.54, 1.807) is 25.1 Å².